The van der Waals surface area contributed by atoms with Crippen LogP contribution in [0.15, 0.2) is 29.3 Å². The average molecular weight is 310 g/mol. The second kappa shape index (κ2) is 4.04. The molecule has 22 heavy (non-hydrogen) atoms. The van der Waals surface area contributed by atoms with Crippen LogP contribution in [0.25, 0.3) is 0 Å². The van der Waals surface area contributed by atoms with Crippen molar-refractivity contribution >= 4 is 17.6 Å². The Balaban J connectivity index is 1.97. The molecule has 1 aromatic carbocycles. The van der Waals surface area contributed by atoms with Crippen molar-refractivity contribution in [2.45, 2.75) is 17.9 Å². The maximum atomic E-state index is 10.0. The van der Waals surface area contributed by atoms with Crippen LogP contribution < -0.4 is 5.73 Å². The smallest absolute Gasteiger partial charge is 0.230 e. The Kier molecular flexibility index (Phi) is 2.50. The second-order valence-electron chi connectivity index (χ2n) is 5.91. The first-order valence-electron chi connectivity index (χ1n) is 7.11. The third-order valence-corrected chi connectivity index (χ3v) is 6.40. The Morgan fingerprint density at radius 2 is 2.14 bits per heavy atom. The number of ether oxygens (including phenoxy) is 1. The van der Waals surface area contributed by atoms with E-state index in [1.807, 2.05) is 31.2 Å². The molecule has 0 bridgehead atoms. The van der Waals surface area contributed by atoms with Crippen LogP contribution in [0.3, 0.4) is 0 Å². The molecule has 2 N–H and O–H groups in total. The summed E-state index contributed by atoms with van der Waals surface area (Å²) in [6, 6.07) is 12.5. The summed E-state index contributed by atoms with van der Waals surface area (Å²) < 4.78 is 5.86. The minimum Gasteiger partial charge on any atom is -0.386 e. The van der Waals surface area contributed by atoms with Crippen molar-refractivity contribution in [1.29, 1.82) is 10.5 Å². The number of hydrogen-bond acceptors (Lipinski definition) is 6. The fourth-order valence-electron chi connectivity index (χ4n) is 4.10. The molecule has 3 aliphatic rings. The number of hydrogen-bond donors (Lipinski definition) is 1. The third kappa shape index (κ3) is 1.16. The van der Waals surface area contributed by atoms with Crippen LogP contribution in [0.5, 0.6) is 0 Å². The second-order valence-corrected chi connectivity index (χ2v) is 7.16. The lowest BCUT2D eigenvalue weighted by molar-refractivity contribution is 0.0200. The highest BCUT2D eigenvalue weighted by Crippen LogP contribution is 2.84. The maximum Gasteiger partial charge on any atom is 0.230 e. The summed E-state index contributed by atoms with van der Waals surface area (Å²) in [7, 11) is 0. The van der Waals surface area contributed by atoms with E-state index in [2.05, 4.69) is 17.1 Å². The molecule has 0 aromatic heterocycles. The van der Waals surface area contributed by atoms with Crippen LogP contribution in [-0.2, 0) is 4.74 Å². The van der Waals surface area contributed by atoms with E-state index in [0.717, 1.165) is 16.9 Å². The fraction of sp³-hybridized carbons (Fsp3) is 0.438. The third-order valence-electron chi connectivity index (χ3n) is 5.11. The molecule has 6 heteroatoms. The zero-order chi connectivity index (χ0) is 15.6. The van der Waals surface area contributed by atoms with E-state index in [9.17, 15) is 10.5 Å². The first-order chi connectivity index (χ1) is 10.6. The quantitative estimate of drug-likeness (QED) is 0.854. The number of aliphatic imine (C=N–C) groups is 1. The summed E-state index contributed by atoms with van der Waals surface area (Å²) in [4.78, 5) is 4.43. The molecule has 2 fully saturated rings. The fourth-order valence-corrected chi connectivity index (χ4v) is 5.42. The number of nitriles is 2. The highest BCUT2D eigenvalue weighted by Gasteiger charge is 2.93. The van der Waals surface area contributed by atoms with Gasteiger partial charge in [-0.15, -0.1) is 0 Å². The van der Waals surface area contributed by atoms with Gasteiger partial charge in [-0.2, -0.15) is 10.5 Å². The molecule has 1 saturated heterocycles. The van der Waals surface area contributed by atoms with Crippen LogP contribution in [0.1, 0.15) is 17.0 Å². The number of fused-ring (bicyclic) bond motifs is 2. The first kappa shape index (κ1) is 13.6. The molecular formula is C16H14N4OS. The van der Waals surface area contributed by atoms with Crippen molar-refractivity contribution < 1.29 is 4.74 Å². The van der Waals surface area contributed by atoms with Gasteiger partial charge in [-0.3, -0.25) is 0 Å². The molecule has 2 heterocycles. The number of nitrogens with zero attached hydrogens (tertiary/aromatic N) is 3. The molecule has 5 nitrogen and oxygen atoms in total. The van der Waals surface area contributed by atoms with E-state index >= 15 is 0 Å². The van der Waals surface area contributed by atoms with Gasteiger partial charge in [0, 0.05) is 11.7 Å². The number of nitrogens with two attached hydrogens (primary N) is 1. The Morgan fingerprint density at radius 3 is 2.73 bits per heavy atom. The Hall–Kier alpha value is -2.02. The summed E-state index contributed by atoms with van der Waals surface area (Å²) >= 11 is 1.48. The van der Waals surface area contributed by atoms with Gasteiger partial charge in [-0.05, 0) is 18.1 Å². The van der Waals surface area contributed by atoms with Crippen LogP contribution in [0, 0.1) is 40.4 Å². The SMILES string of the molecule is Cc1ccccc1[C@@H]1[C@@]2(C#N)[C@@]3(N=C(N)[C@@]12C#N)OCCS3. The highest BCUT2D eigenvalue weighted by molar-refractivity contribution is 8.00. The lowest BCUT2D eigenvalue weighted by Crippen LogP contribution is -2.34. The Labute approximate surface area is 132 Å². The lowest BCUT2D eigenvalue weighted by Gasteiger charge is -2.26. The highest BCUT2D eigenvalue weighted by atomic mass is 32.2. The van der Waals surface area contributed by atoms with Gasteiger partial charge in [-0.1, -0.05) is 36.0 Å². The normalized spacial score (nSPS) is 41.6. The van der Waals surface area contributed by atoms with Crippen LogP contribution in [0.4, 0.5) is 0 Å². The molecule has 0 amide bonds. The number of thioether (sulfide) groups is 1. The largest absolute Gasteiger partial charge is 0.386 e. The molecule has 110 valence electrons. The van der Waals surface area contributed by atoms with Crippen molar-refractivity contribution in [3.63, 3.8) is 0 Å². The standard InChI is InChI=1S/C16H14N4OS/c1-10-4-2-3-5-11(10)12-14(8-17)13(19)20-16(15(12,14)9-18)21-6-7-22-16/h2-5,12H,6-7H2,1H3,(H2,19,20)/t12-,14+,15+,16+/m0/s1. The van der Waals surface area contributed by atoms with Crippen molar-refractivity contribution in [3.05, 3.63) is 35.4 Å². The Bertz CT molecular complexity index is 786. The van der Waals surface area contributed by atoms with Crippen LogP contribution in [-0.4, -0.2) is 23.3 Å². The molecule has 1 spiro atoms. The van der Waals surface area contributed by atoms with E-state index in [1.54, 1.807) is 0 Å². The Morgan fingerprint density at radius 1 is 1.36 bits per heavy atom. The maximum absolute atomic E-state index is 10.0. The summed E-state index contributed by atoms with van der Waals surface area (Å²) in [5.74, 6) is 0.695. The van der Waals surface area contributed by atoms with E-state index in [4.69, 9.17) is 10.5 Å². The topological polar surface area (TPSA) is 95.2 Å². The summed E-state index contributed by atoms with van der Waals surface area (Å²) in [6.45, 7) is 2.51. The minimum absolute atomic E-state index is 0.235. The van der Waals surface area contributed by atoms with Gasteiger partial charge in [-0.25, -0.2) is 4.99 Å². The summed E-state index contributed by atoms with van der Waals surface area (Å²) in [5.41, 5.74) is 6.07. The van der Waals surface area contributed by atoms with E-state index in [1.165, 1.54) is 11.8 Å². The minimum atomic E-state index is -1.08. The van der Waals surface area contributed by atoms with E-state index < -0.39 is 15.9 Å². The van der Waals surface area contributed by atoms with Gasteiger partial charge in [0.15, 0.2) is 5.41 Å². The van der Waals surface area contributed by atoms with Crippen molar-refractivity contribution in [2.24, 2.45) is 21.6 Å². The van der Waals surface area contributed by atoms with Crippen molar-refractivity contribution in [2.75, 3.05) is 12.4 Å². The molecule has 1 aliphatic carbocycles. The summed E-state index contributed by atoms with van der Waals surface area (Å²) in [6.07, 6.45) is 0. The number of benzene rings is 1. The predicted octanol–water partition coefficient (Wildman–Crippen LogP) is 1.90. The van der Waals surface area contributed by atoms with Gasteiger partial charge in [0.25, 0.3) is 0 Å². The van der Waals surface area contributed by atoms with Gasteiger partial charge in [0.05, 0.1) is 18.7 Å². The van der Waals surface area contributed by atoms with Crippen molar-refractivity contribution in [1.82, 2.24) is 0 Å². The molecule has 4 rings (SSSR count). The van der Waals surface area contributed by atoms with Gasteiger partial charge < -0.3 is 10.5 Å². The molecule has 0 unspecified atom stereocenters. The van der Waals surface area contributed by atoms with Crippen LogP contribution >= 0.6 is 11.8 Å². The van der Waals surface area contributed by atoms with Gasteiger partial charge >= 0.3 is 0 Å². The summed E-state index contributed by atoms with van der Waals surface area (Å²) in [5, 5.41) is 18.8. The number of rotatable bonds is 1. The zero-order valence-electron chi connectivity index (χ0n) is 12.0. The predicted molar refractivity (Wildman–Crippen MR) is 82.8 cm³/mol. The number of aryl methyl sites for hydroxylation is 1. The molecular weight excluding hydrogens is 296 g/mol. The van der Waals surface area contributed by atoms with Gasteiger partial charge in [0.1, 0.15) is 11.3 Å². The van der Waals surface area contributed by atoms with Crippen LogP contribution in [0.2, 0.25) is 0 Å². The van der Waals surface area contributed by atoms with E-state index in [-0.39, 0.29) is 11.8 Å². The first-order valence-corrected chi connectivity index (χ1v) is 8.10. The van der Waals surface area contributed by atoms with Gasteiger partial charge in [0.2, 0.25) is 5.06 Å². The molecule has 1 saturated carbocycles. The lowest BCUT2D eigenvalue weighted by atomic mass is 9.95. The molecule has 4 atom stereocenters. The zero-order valence-corrected chi connectivity index (χ0v) is 12.9. The molecule has 2 aliphatic heterocycles. The molecule has 1 aromatic rings. The number of amidine groups is 1. The van der Waals surface area contributed by atoms with E-state index in [0.29, 0.717) is 6.61 Å². The monoisotopic (exact) mass is 310 g/mol. The average Bonchev–Trinajstić information content (AvgIpc) is 2.76. The molecule has 0 radical (unpaired) electrons. The van der Waals surface area contributed by atoms with Crippen molar-refractivity contribution in [3.8, 4) is 12.1 Å².